The summed E-state index contributed by atoms with van der Waals surface area (Å²) in [5.41, 5.74) is 1.35. The molecule has 1 N–H and O–H groups in total. The number of hydrogen-bond donors (Lipinski definition) is 1. The van der Waals surface area contributed by atoms with Crippen LogP contribution in [0.3, 0.4) is 0 Å². The van der Waals surface area contributed by atoms with Crippen LogP contribution < -0.4 is 0 Å². The fourth-order valence-corrected chi connectivity index (χ4v) is 2.02. The number of aromatic nitrogens is 2. The summed E-state index contributed by atoms with van der Waals surface area (Å²) in [5.74, 6) is -0.762. The molecular weight excluding hydrogens is 251 g/mol. The highest BCUT2D eigenvalue weighted by atomic mass is 19.1. The highest BCUT2D eigenvalue weighted by molar-refractivity contribution is 5.76. The predicted molar refractivity (Wildman–Crippen MR) is 67.4 cm³/mol. The SMILES string of the molecule is CC(C)n1c(COCC(=O)O)nc2ccc(F)cc21. The molecule has 0 saturated heterocycles. The fraction of sp³-hybridized carbons (Fsp3) is 0.385. The van der Waals surface area contributed by atoms with E-state index in [2.05, 4.69) is 4.98 Å². The van der Waals surface area contributed by atoms with Crippen molar-refractivity contribution in [2.24, 2.45) is 0 Å². The number of ether oxygens (including phenoxy) is 1. The van der Waals surface area contributed by atoms with Crippen molar-refractivity contribution >= 4 is 17.0 Å². The van der Waals surface area contributed by atoms with E-state index in [-0.39, 0.29) is 25.1 Å². The number of fused-ring (bicyclic) bond motifs is 1. The summed E-state index contributed by atoms with van der Waals surface area (Å²) in [6, 6.07) is 4.45. The Morgan fingerprint density at radius 1 is 1.53 bits per heavy atom. The summed E-state index contributed by atoms with van der Waals surface area (Å²) in [4.78, 5) is 14.8. The van der Waals surface area contributed by atoms with E-state index in [1.54, 1.807) is 6.07 Å². The molecule has 0 aliphatic heterocycles. The van der Waals surface area contributed by atoms with E-state index in [0.29, 0.717) is 16.9 Å². The molecule has 19 heavy (non-hydrogen) atoms. The van der Waals surface area contributed by atoms with E-state index in [1.807, 2.05) is 18.4 Å². The van der Waals surface area contributed by atoms with E-state index in [0.717, 1.165) is 0 Å². The number of carboxylic acid groups (broad SMARTS) is 1. The lowest BCUT2D eigenvalue weighted by atomic mass is 10.3. The van der Waals surface area contributed by atoms with Crippen LogP contribution in [0.4, 0.5) is 4.39 Å². The summed E-state index contributed by atoms with van der Waals surface area (Å²) in [6.45, 7) is 3.61. The Hall–Kier alpha value is -1.95. The van der Waals surface area contributed by atoms with Gasteiger partial charge in [0, 0.05) is 6.04 Å². The maximum absolute atomic E-state index is 13.3. The average molecular weight is 266 g/mol. The lowest BCUT2D eigenvalue weighted by molar-refractivity contribution is -0.142. The molecule has 1 aromatic carbocycles. The zero-order valence-electron chi connectivity index (χ0n) is 10.8. The third-order valence-electron chi connectivity index (χ3n) is 2.70. The lowest BCUT2D eigenvalue weighted by Crippen LogP contribution is -2.11. The topological polar surface area (TPSA) is 64.3 Å². The van der Waals surface area contributed by atoms with Crippen LogP contribution >= 0.6 is 0 Å². The molecule has 5 nitrogen and oxygen atoms in total. The zero-order valence-corrected chi connectivity index (χ0v) is 10.8. The molecule has 0 radical (unpaired) electrons. The first-order valence-electron chi connectivity index (χ1n) is 5.95. The van der Waals surface area contributed by atoms with Crippen molar-refractivity contribution < 1.29 is 19.0 Å². The monoisotopic (exact) mass is 266 g/mol. The molecule has 0 bridgehead atoms. The van der Waals surface area contributed by atoms with Gasteiger partial charge in [-0.25, -0.2) is 14.2 Å². The van der Waals surface area contributed by atoms with Gasteiger partial charge in [-0.05, 0) is 32.0 Å². The summed E-state index contributed by atoms with van der Waals surface area (Å²) < 4.78 is 20.2. The van der Waals surface area contributed by atoms with Gasteiger partial charge < -0.3 is 14.4 Å². The third kappa shape index (κ3) is 2.90. The van der Waals surface area contributed by atoms with E-state index in [9.17, 15) is 9.18 Å². The summed E-state index contributed by atoms with van der Waals surface area (Å²) in [5, 5.41) is 8.54. The van der Waals surface area contributed by atoms with Crippen molar-refractivity contribution in [2.75, 3.05) is 6.61 Å². The minimum Gasteiger partial charge on any atom is -0.480 e. The van der Waals surface area contributed by atoms with Crippen molar-refractivity contribution in [3.05, 3.63) is 29.8 Å². The molecule has 0 aliphatic carbocycles. The molecule has 1 heterocycles. The minimum atomic E-state index is -1.03. The number of carbonyl (C=O) groups is 1. The maximum Gasteiger partial charge on any atom is 0.329 e. The van der Waals surface area contributed by atoms with Crippen LogP contribution in [0.25, 0.3) is 11.0 Å². The third-order valence-corrected chi connectivity index (χ3v) is 2.70. The Labute approximate surface area is 109 Å². The largest absolute Gasteiger partial charge is 0.480 e. The number of carboxylic acids is 1. The van der Waals surface area contributed by atoms with Gasteiger partial charge in [-0.1, -0.05) is 0 Å². The van der Waals surface area contributed by atoms with Crippen molar-refractivity contribution in [3.63, 3.8) is 0 Å². The summed E-state index contributed by atoms with van der Waals surface area (Å²) in [6.07, 6.45) is 0. The van der Waals surface area contributed by atoms with Crippen LogP contribution in [0.5, 0.6) is 0 Å². The van der Waals surface area contributed by atoms with Crippen LogP contribution in [0.15, 0.2) is 18.2 Å². The van der Waals surface area contributed by atoms with Gasteiger partial charge in [0.1, 0.15) is 24.9 Å². The van der Waals surface area contributed by atoms with Crippen molar-refractivity contribution in [3.8, 4) is 0 Å². The predicted octanol–water partition coefficient (Wildman–Crippen LogP) is 2.36. The highest BCUT2D eigenvalue weighted by Gasteiger charge is 2.14. The van der Waals surface area contributed by atoms with Gasteiger partial charge in [0.2, 0.25) is 0 Å². The molecule has 0 aliphatic rings. The second-order valence-corrected chi connectivity index (χ2v) is 4.51. The Bertz CT molecular complexity index is 607. The number of hydrogen-bond acceptors (Lipinski definition) is 3. The first-order valence-corrected chi connectivity index (χ1v) is 5.95. The average Bonchev–Trinajstić information content (AvgIpc) is 2.65. The lowest BCUT2D eigenvalue weighted by Gasteiger charge is -2.12. The summed E-state index contributed by atoms with van der Waals surface area (Å²) >= 11 is 0. The molecule has 0 saturated carbocycles. The van der Waals surface area contributed by atoms with Crippen LogP contribution in [0.1, 0.15) is 25.7 Å². The fourth-order valence-electron chi connectivity index (χ4n) is 2.02. The van der Waals surface area contributed by atoms with Crippen molar-refractivity contribution in [1.29, 1.82) is 0 Å². The number of aliphatic carboxylic acids is 1. The molecule has 0 spiro atoms. The zero-order chi connectivity index (χ0) is 14.0. The first-order chi connectivity index (χ1) is 8.99. The smallest absolute Gasteiger partial charge is 0.329 e. The Kier molecular flexibility index (Phi) is 3.80. The molecule has 0 atom stereocenters. The molecule has 1 aromatic heterocycles. The number of benzene rings is 1. The van der Waals surface area contributed by atoms with Crippen molar-refractivity contribution in [1.82, 2.24) is 9.55 Å². The number of nitrogens with zero attached hydrogens (tertiary/aromatic N) is 2. The second kappa shape index (κ2) is 5.36. The molecule has 6 heteroatoms. The highest BCUT2D eigenvalue weighted by Crippen LogP contribution is 2.22. The van der Waals surface area contributed by atoms with E-state index in [1.165, 1.54) is 12.1 Å². The molecular formula is C13H15FN2O3. The molecule has 0 fully saturated rings. The first kappa shape index (κ1) is 13.5. The van der Waals surface area contributed by atoms with Crippen molar-refractivity contribution in [2.45, 2.75) is 26.5 Å². The Morgan fingerprint density at radius 3 is 2.89 bits per heavy atom. The van der Waals surface area contributed by atoms with Crippen LogP contribution in [0, 0.1) is 5.82 Å². The Balaban J connectivity index is 2.36. The molecule has 0 amide bonds. The van der Waals surface area contributed by atoms with Gasteiger partial charge >= 0.3 is 5.97 Å². The van der Waals surface area contributed by atoms with Gasteiger partial charge in [-0.2, -0.15) is 0 Å². The van der Waals surface area contributed by atoms with E-state index in [4.69, 9.17) is 9.84 Å². The van der Waals surface area contributed by atoms with E-state index >= 15 is 0 Å². The number of rotatable bonds is 5. The molecule has 102 valence electrons. The minimum absolute atomic E-state index is 0.0789. The number of halogens is 1. The second-order valence-electron chi connectivity index (χ2n) is 4.51. The number of imidazole rings is 1. The standard InChI is InChI=1S/C13H15FN2O3/c1-8(2)16-11-5-9(14)3-4-10(11)15-12(16)6-19-7-13(17)18/h3-5,8H,6-7H2,1-2H3,(H,17,18). The maximum atomic E-state index is 13.3. The van der Waals surface area contributed by atoms with Gasteiger partial charge in [-0.3, -0.25) is 0 Å². The quantitative estimate of drug-likeness (QED) is 0.902. The van der Waals surface area contributed by atoms with Gasteiger partial charge in [-0.15, -0.1) is 0 Å². The summed E-state index contributed by atoms with van der Waals surface area (Å²) in [7, 11) is 0. The van der Waals surface area contributed by atoms with Crippen LogP contribution in [0.2, 0.25) is 0 Å². The normalized spacial score (nSPS) is 11.4. The van der Waals surface area contributed by atoms with Gasteiger partial charge in [0.05, 0.1) is 11.0 Å². The van der Waals surface area contributed by atoms with Crippen LogP contribution in [-0.2, 0) is 16.1 Å². The van der Waals surface area contributed by atoms with Gasteiger partial charge in [0.15, 0.2) is 0 Å². The van der Waals surface area contributed by atoms with Crippen LogP contribution in [-0.4, -0.2) is 27.2 Å². The molecule has 2 rings (SSSR count). The van der Waals surface area contributed by atoms with E-state index < -0.39 is 5.97 Å². The molecule has 0 unspecified atom stereocenters. The molecule has 2 aromatic rings. The Morgan fingerprint density at radius 2 is 2.26 bits per heavy atom. The van der Waals surface area contributed by atoms with Gasteiger partial charge in [0.25, 0.3) is 0 Å².